The van der Waals surface area contributed by atoms with Crippen LogP contribution in [0.25, 0.3) is 0 Å². The minimum atomic E-state index is -0.542. The molecule has 0 saturated carbocycles. The highest BCUT2D eigenvalue weighted by atomic mass is 79.9. The number of hydrogen-bond acceptors (Lipinski definition) is 3. The summed E-state index contributed by atoms with van der Waals surface area (Å²) in [5, 5.41) is -0.263. The van der Waals surface area contributed by atoms with Gasteiger partial charge in [0.1, 0.15) is 5.01 Å². The fraction of sp³-hybridized carbons (Fsp3) is 0.222. The van der Waals surface area contributed by atoms with E-state index in [-0.39, 0.29) is 5.01 Å². The molecule has 0 radical (unpaired) electrons. The Labute approximate surface area is 90.3 Å². The Morgan fingerprint density at radius 3 is 2.71 bits per heavy atom. The second kappa shape index (κ2) is 4.43. The van der Waals surface area contributed by atoms with Gasteiger partial charge in [0.25, 0.3) is 5.91 Å². The highest BCUT2D eigenvalue weighted by Crippen LogP contribution is 2.25. The average Bonchev–Trinajstić information content (AvgIpc) is 2.17. The largest absolute Gasteiger partial charge is 0.398 e. The smallest absolute Gasteiger partial charge is 0.250 e. The summed E-state index contributed by atoms with van der Waals surface area (Å²) in [4.78, 5) is 11.0. The molecule has 0 aliphatic rings. The molecule has 1 rings (SSSR count). The van der Waals surface area contributed by atoms with Crippen molar-refractivity contribution in [3.63, 3.8) is 0 Å². The molecule has 1 unspecified atom stereocenters. The van der Waals surface area contributed by atoms with Gasteiger partial charge in [-0.3, -0.25) is 4.79 Å². The van der Waals surface area contributed by atoms with Gasteiger partial charge in [-0.1, -0.05) is 22.0 Å². The Bertz CT molecular complexity index is 355. The molecular formula is C9H11BrN2O2. The van der Waals surface area contributed by atoms with Crippen LogP contribution in [-0.2, 0) is 4.74 Å². The molecule has 14 heavy (non-hydrogen) atoms. The van der Waals surface area contributed by atoms with E-state index in [9.17, 15) is 4.79 Å². The maximum absolute atomic E-state index is 11.0. The molecule has 0 spiro atoms. The minimum absolute atomic E-state index is 0.263. The maximum Gasteiger partial charge on any atom is 0.250 e. The lowest BCUT2D eigenvalue weighted by Crippen LogP contribution is -2.14. The molecule has 76 valence electrons. The van der Waals surface area contributed by atoms with E-state index in [1.54, 1.807) is 25.3 Å². The summed E-state index contributed by atoms with van der Waals surface area (Å²) < 4.78 is 5.03. The van der Waals surface area contributed by atoms with Crippen molar-refractivity contribution in [2.45, 2.75) is 5.01 Å². The monoisotopic (exact) mass is 258 g/mol. The minimum Gasteiger partial charge on any atom is -0.398 e. The molecule has 0 aliphatic heterocycles. The quantitative estimate of drug-likeness (QED) is 0.636. The maximum atomic E-state index is 11.0. The summed E-state index contributed by atoms with van der Waals surface area (Å²) in [6.45, 7) is 0. The van der Waals surface area contributed by atoms with E-state index in [4.69, 9.17) is 16.2 Å². The number of methoxy groups -OCH3 is 1. The third kappa shape index (κ3) is 2.24. The molecule has 4 N–H and O–H groups in total. The van der Waals surface area contributed by atoms with Crippen LogP contribution < -0.4 is 11.5 Å². The lowest BCUT2D eigenvalue weighted by atomic mass is 10.1. The topological polar surface area (TPSA) is 78.3 Å². The lowest BCUT2D eigenvalue weighted by Gasteiger charge is -2.10. The van der Waals surface area contributed by atoms with Gasteiger partial charge in [-0.2, -0.15) is 0 Å². The average molecular weight is 259 g/mol. The Hall–Kier alpha value is -1.07. The molecule has 1 aromatic rings. The van der Waals surface area contributed by atoms with Gasteiger partial charge in [-0.05, 0) is 17.7 Å². The molecule has 0 bridgehead atoms. The first-order valence-electron chi connectivity index (χ1n) is 3.92. The van der Waals surface area contributed by atoms with Crippen LogP contribution in [-0.4, -0.2) is 13.0 Å². The fourth-order valence-electron chi connectivity index (χ4n) is 1.06. The number of primary amides is 1. The molecule has 1 atom stereocenters. The Kier molecular flexibility index (Phi) is 3.49. The summed E-state index contributed by atoms with van der Waals surface area (Å²) in [6, 6.07) is 5.01. The van der Waals surface area contributed by atoms with Crippen molar-refractivity contribution < 1.29 is 9.53 Å². The molecular weight excluding hydrogens is 248 g/mol. The number of benzene rings is 1. The van der Waals surface area contributed by atoms with Gasteiger partial charge < -0.3 is 16.2 Å². The number of alkyl halides is 1. The first-order valence-corrected chi connectivity index (χ1v) is 4.84. The van der Waals surface area contributed by atoms with Crippen molar-refractivity contribution in [1.29, 1.82) is 0 Å². The summed E-state index contributed by atoms with van der Waals surface area (Å²) >= 11 is 3.28. The van der Waals surface area contributed by atoms with Gasteiger partial charge in [0.05, 0.1) is 5.56 Å². The Balaban J connectivity index is 3.12. The van der Waals surface area contributed by atoms with Gasteiger partial charge in [-0.15, -0.1) is 0 Å². The van der Waals surface area contributed by atoms with E-state index in [2.05, 4.69) is 15.9 Å². The van der Waals surface area contributed by atoms with Crippen molar-refractivity contribution in [3.8, 4) is 0 Å². The molecule has 1 amide bonds. The van der Waals surface area contributed by atoms with Gasteiger partial charge in [-0.25, -0.2) is 0 Å². The molecule has 5 heteroatoms. The number of carbonyl (C=O) groups excluding carboxylic acids is 1. The van der Waals surface area contributed by atoms with Crippen molar-refractivity contribution in [2.75, 3.05) is 12.8 Å². The third-order valence-corrected chi connectivity index (χ3v) is 2.71. The molecule has 4 nitrogen and oxygen atoms in total. The van der Waals surface area contributed by atoms with Crippen molar-refractivity contribution >= 4 is 27.5 Å². The zero-order valence-electron chi connectivity index (χ0n) is 7.66. The normalized spacial score (nSPS) is 12.4. The second-order valence-corrected chi connectivity index (χ2v) is 3.59. The van der Waals surface area contributed by atoms with Gasteiger partial charge in [0.2, 0.25) is 0 Å². The number of carbonyl (C=O) groups is 1. The Morgan fingerprint density at radius 2 is 2.21 bits per heavy atom. The summed E-state index contributed by atoms with van der Waals surface area (Å²) in [5.74, 6) is -0.542. The van der Waals surface area contributed by atoms with Crippen LogP contribution in [0.4, 0.5) is 5.69 Å². The zero-order chi connectivity index (χ0) is 10.7. The van der Waals surface area contributed by atoms with Gasteiger partial charge >= 0.3 is 0 Å². The van der Waals surface area contributed by atoms with E-state index < -0.39 is 5.91 Å². The first-order chi connectivity index (χ1) is 6.56. The van der Waals surface area contributed by atoms with Crippen LogP contribution in [0.1, 0.15) is 20.9 Å². The van der Waals surface area contributed by atoms with Gasteiger partial charge in [0, 0.05) is 12.8 Å². The lowest BCUT2D eigenvalue weighted by molar-refractivity contribution is 0.100. The van der Waals surface area contributed by atoms with E-state index in [1.807, 2.05) is 0 Å². The van der Waals surface area contributed by atoms with Crippen LogP contribution in [0.5, 0.6) is 0 Å². The molecule has 0 aromatic heterocycles. The number of amides is 1. The number of nitrogens with two attached hydrogens (primary N) is 2. The van der Waals surface area contributed by atoms with Crippen LogP contribution in [0, 0.1) is 0 Å². The van der Waals surface area contributed by atoms with Crippen molar-refractivity contribution in [2.24, 2.45) is 5.73 Å². The molecule has 0 aliphatic carbocycles. The van der Waals surface area contributed by atoms with Crippen molar-refractivity contribution in [3.05, 3.63) is 29.3 Å². The van der Waals surface area contributed by atoms with E-state index in [1.165, 1.54) is 0 Å². The number of halogens is 1. The SMILES string of the molecule is COC(Br)c1ccc(N)c(C(N)=O)c1. The van der Waals surface area contributed by atoms with Crippen LogP contribution in [0.3, 0.4) is 0 Å². The number of hydrogen-bond donors (Lipinski definition) is 2. The van der Waals surface area contributed by atoms with E-state index in [0.717, 1.165) is 5.56 Å². The fourth-order valence-corrected chi connectivity index (χ4v) is 1.35. The predicted octanol–water partition coefficient (Wildman–Crippen LogP) is 1.41. The first kappa shape index (κ1) is 11.0. The van der Waals surface area contributed by atoms with Crippen LogP contribution >= 0.6 is 15.9 Å². The molecule has 0 heterocycles. The van der Waals surface area contributed by atoms with E-state index in [0.29, 0.717) is 11.3 Å². The molecule has 0 saturated heterocycles. The second-order valence-electron chi connectivity index (χ2n) is 2.76. The number of nitrogen functional groups attached to an aromatic ring is 1. The highest BCUT2D eigenvalue weighted by Gasteiger charge is 2.11. The third-order valence-electron chi connectivity index (χ3n) is 1.81. The molecule has 1 aromatic carbocycles. The standard InChI is InChI=1S/C9H11BrN2O2/c1-14-8(10)5-2-3-7(11)6(4-5)9(12)13/h2-4,8H,11H2,1H3,(H2,12,13). The number of anilines is 1. The van der Waals surface area contributed by atoms with E-state index >= 15 is 0 Å². The zero-order valence-corrected chi connectivity index (χ0v) is 9.24. The number of ether oxygens (including phenoxy) is 1. The summed E-state index contributed by atoms with van der Waals surface area (Å²) in [7, 11) is 1.56. The number of rotatable bonds is 3. The van der Waals surface area contributed by atoms with Gasteiger partial charge in [0.15, 0.2) is 0 Å². The highest BCUT2D eigenvalue weighted by molar-refractivity contribution is 9.09. The summed E-state index contributed by atoms with van der Waals surface area (Å²) in [6.07, 6.45) is 0. The molecule has 0 fully saturated rings. The predicted molar refractivity (Wildman–Crippen MR) is 58.0 cm³/mol. The van der Waals surface area contributed by atoms with Crippen LogP contribution in [0.2, 0.25) is 0 Å². The van der Waals surface area contributed by atoms with Crippen molar-refractivity contribution in [1.82, 2.24) is 0 Å². The summed E-state index contributed by atoms with van der Waals surface area (Å²) in [5.41, 5.74) is 12.2. The Morgan fingerprint density at radius 1 is 1.57 bits per heavy atom. The van der Waals surface area contributed by atoms with Crippen LogP contribution in [0.15, 0.2) is 18.2 Å².